The highest BCUT2D eigenvalue weighted by molar-refractivity contribution is 7.99. The number of aliphatic carboxylic acids is 2. The Morgan fingerprint density at radius 2 is 1.93 bits per heavy atom. The van der Waals surface area contributed by atoms with Gasteiger partial charge >= 0.3 is 11.9 Å². The average Bonchev–Trinajstić information content (AvgIpc) is 2.08. The minimum absolute atomic E-state index is 0.0631. The Morgan fingerprint density at radius 3 is 2.33 bits per heavy atom. The Labute approximate surface area is 91.0 Å². The first-order chi connectivity index (χ1) is 6.93. The number of carboxylic acids is 2. The zero-order valence-electron chi connectivity index (χ0n) is 8.23. The van der Waals surface area contributed by atoms with Gasteiger partial charge in [-0.25, -0.2) is 4.79 Å². The molecule has 1 unspecified atom stereocenters. The lowest BCUT2D eigenvalue weighted by molar-refractivity contribution is -0.141. The van der Waals surface area contributed by atoms with Crippen LogP contribution >= 0.6 is 11.8 Å². The Kier molecular flexibility index (Phi) is 6.52. The maximum Gasteiger partial charge on any atom is 0.326 e. The van der Waals surface area contributed by atoms with Crippen molar-refractivity contribution in [1.82, 2.24) is 5.32 Å². The smallest absolute Gasteiger partial charge is 0.326 e. The molecule has 0 heterocycles. The highest BCUT2D eigenvalue weighted by atomic mass is 32.2. The van der Waals surface area contributed by atoms with Gasteiger partial charge in [-0.1, -0.05) is 0 Å². The number of rotatable bonds is 7. The van der Waals surface area contributed by atoms with Gasteiger partial charge in [0.25, 0.3) is 0 Å². The first kappa shape index (κ1) is 13.8. The molecule has 0 bridgehead atoms. The van der Waals surface area contributed by atoms with Crippen molar-refractivity contribution in [1.29, 1.82) is 0 Å². The second-order valence-electron chi connectivity index (χ2n) is 2.83. The van der Waals surface area contributed by atoms with Crippen LogP contribution in [0.2, 0.25) is 0 Å². The number of nitrogens with one attached hydrogen (secondary N) is 1. The van der Waals surface area contributed by atoms with Crippen LogP contribution in [0.25, 0.3) is 0 Å². The van der Waals surface area contributed by atoms with E-state index in [1.165, 1.54) is 6.92 Å². The van der Waals surface area contributed by atoms with Gasteiger partial charge in [0.1, 0.15) is 6.04 Å². The molecule has 0 rings (SSSR count). The molecule has 15 heavy (non-hydrogen) atoms. The van der Waals surface area contributed by atoms with E-state index in [9.17, 15) is 14.4 Å². The van der Waals surface area contributed by atoms with Crippen LogP contribution in [0.15, 0.2) is 0 Å². The van der Waals surface area contributed by atoms with Gasteiger partial charge in [-0.05, 0) is 12.2 Å². The molecule has 0 aliphatic rings. The zero-order valence-corrected chi connectivity index (χ0v) is 9.04. The van der Waals surface area contributed by atoms with Crippen molar-refractivity contribution in [3.05, 3.63) is 0 Å². The van der Waals surface area contributed by atoms with Crippen molar-refractivity contribution in [3.8, 4) is 0 Å². The molecule has 1 amide bonds. The van der Waals surface area contributed by atoms with Gasteiger partial charge in [0, 0.05) is 6.92 Å². The average molecular weight is 235 g/mol. The molecule has 0 spiro atoms. The Hall–Kier alpha value is -1.24. The number of thioether (sulfide) groups is 1. The van der Waals surface area contributed by atoms with E-state index < -0.39 is 23.9 Å². The first-order valence-corrected chi connectivity index (χ1v) is 5.38. The van der Waals surface area contributed by atoms with E-state index in [-0.39, 0.29) is 12.2 Å². The quantitative estimate of drug-likeness (QED) is 0.527. The lowest BCUT2D eigenvalue weighted by atomic mass is 10.2. The van der Waals surface area contributed by atoms with Crippen molar-refractivity contribution < 1.29 is 24.6 Å². The summed E-state index contributed by atoms with van der Waals surface area (Å²) >= 11 is 1.12. The van der Waals surface area contributed by atoms with Crippen LogP contribution in [0.3, 0.4) is 0 Å². The molecule has 0 aromatic carbocycles. The van der Waals surface area contributed by atoms with Crippen LogP contribution in [-0.2, 0) is 14.4 Å². The van der Waals surface area contributed by atoms with E-state index in [0.717, 1.165) is 11.8 Å². The Morgan fingerprint density at radius 1 is 1.33 bits per heavy atom. The molecule has 0 saturated heterocycles. The molecular weight excluding hydrogens is 222 g/mol. The summed E-state index contributed by atoms with van der Waals surface area (Å²) in [6.07, 6.45) is 0.215. The summed E-state index contributed by atoms with van der Waals surface area (Å²) in [6, 6.07) is -0.941. The molecule has 7 heteroatoms. The molecule has 86 valence electrons. The summed E-state index contributed by atoms with van der Waals surface area (Å²) in [7, 11) is 0. The van der Waals surface area contributed by atoms with Crippen molar-refractivity contribution in [2.75, 3.05) is 11.5 Å². The predicted octanol–water partition coefficient (Wildman–Crippen LogP) is -0.216. The normalized spacial score (nSPS) is 11.8. The summed E-state index contributed by atoms with van der Waals surface area (Å²) in [4.78, 5) is 31.4. The number of carboxylic acid groups (broad SMARTS) is 2. The second-order valence-corrected chi connectivity index (χ2v) is 3.93. The summed E-state index contributed by atoms with van der Waals surface area (Å²) < 4.78 is 0. The van der Waals surface area contributed by atoms with Crippen LogP contribution in [-0.4, -0.2) is 45.6 Å². The summed E-state index contributed by atoms with van der Waals surface area (Å²) in [5, 5.41) is 19.3. The molecule has 0 saturated carbocycles. The third-order valence-corrected chi connectivity index (χ3v) is 2.43. The topological polar surface area (TPSA) is 104 Å². The Bertz CT molecular complexity index is 255. The van der Waals surface area contributed by atoms with E-state index in [0.29, 0.717) is 5.75 Å². The van der Waals surface area contributed by atoms with E-state index >= 15 is 0 Å². The standard InChI is InChI=1S/C8H13NO5S/c1-5(10)9-6(8(13)14)2-3-15-4-7(11)12/h6H,2-4H2,1H3,(H,9,10)(H,11,12)(H,13,14). The summed E-state index contributed by atoms with van der Waals surface area (Å²) in [6.45, 7) is 1.24. The third-order valence-electron chi connectivity index (χ3n) is 1.45. The van der Waals surface area contributed by atoms with Gasteiger partial charge in [0.15, 0.2) is 0 Å². The maximum absolute atomic E-state index is 10.6. The fourth-order valence-electron chi connectivity index (χ4n) is 0.863. The van der Waals surface area contributed by atoms with Crippen LogP contribution in [0.4, 0.5) is 0 Å². The molecule has 0 aliphatic heterocycles. The molecule has 0 aliphatic carbocycles. The largest absolute Gasteiger partial charge is 0.481 e. The highest BCUT2D eigenvalue weighted by Crippen LogP contribution is 2.05. The molecule has 1 atom stereocenters. The summed E-state index contributed by atoms with van der Waals surface area (Å²) in [5.41, 5.74) is 0. The van der Waals surface area contributed by atoms with Crippen LogP contribution in [0, 0.1) is 0 Å². The molecule has 0 aromatic rings. The highest BCUT2D eigenvalue weighted by Gasteiger charge is 2.17. The molecular formula is C8H13NO5S. The maximum atomic E-state index is 10.6. The van der Waals surface area contributed by atoms with Crippen molar-refractivity contribution in [3.63, 3.8) is 0 Å². The van der Waals surface area contributed by atoms with Gasteiger partial charge in [0.05, 0.1) is 5.75 Å². The van der Waals surface area contributed by atoms with E-state index in [1.807, 2.05) is 0 Å². The molecule has 0 fully saturated rings. The van der Waals surface area contributed by atoms with Crippen molar-refractivity contribution in [2.45, 2.75) is 19.4 Å². The van der Waals surface area contributed by atoms with E-state index in [1.54, 1.807) is 0 Å². The lowest BCUT2D eigenvalue weighted by Crippen LogP contribution is -2.39. The second kappa shape index (κ2) is 7.10. The molecule has 6 nitrogen and oxygen atoms in total. The van der Waals surface area contributed by atoms with E-state index in [4.69, 9.17) is 10.2 Å². The van der Waals surface area contributed by atoms with Crippen molar-refractivity contribution >= 4 is 29.6 Å². The van der Waals surface area contributed by atoms with Gasteiger partial charge in [-0.15, -0.1) is 0 Å². The zero-order chi connectivity index (χ0) is 11.8. The minimum atomic E-state index is -1.11. The van der Waals surface area contributed by atoms with Crippen LogP contribution in [0.5, 0.6) is 0 Å². The molecule has 0 aromatic heterocycles. The van der Waals surface area contributed by atoms with E-state index in [2.05, 4.69) is 5.32 Å². The SMILES string of the molecule is CC(=O)NC(CCSCC(=O)O)C(=O)O. The summed E-state index contributed by atoms with van der Waals surface area (Å²) in [5.74, 6) is -2.14. The fraction of sp³-hybridized carbons (Fsp3) is 0.625. The number of amides is 1. The van der Waals surface area contributed by atoms with Gasteiger partial charge in [-0.2, -0.15) is 11.8 Å². The molecule has 0 radical (unpaired) electrons. The van der Waals surface area contributed by atoms with Gasteiger partial charge in [0.2, 0.25) is 5.91 Å². The Balaban J connectivity index is 3.81. The predicted molar refractivity (Wildman–Crippen MR) is 54.8 cm³/mol. The van der Waals surface area contributed by atoms with Gasteiger partial charge in [-0.3, -0.25) is 9.59 Å². The third kappa shape index (κ3) is 7.80. The van der Waals surface area contributed by atoms with Gasteiger partial charge < -0.3 is 15.5 Å². The van der Waals surface area contributed by atoms with Crippen LogP contribution < -0.4 is 5.32 Å². The minimum Gasteiger partial charge on any atom is -0.481 e. The number of hydrogen-bond acceptors (Lipinski definition) is 4. The number of hydrogen-bond donors (Lipinski definition) is 3. The van der Waals surface area contributed by atoms with Crippen LogP contribution in [0.1, 0.15) is 13.3 Å². The molecule has 3 N–H and O–H groups in total. The number of carbonyl (C=O) groups excluding carboxylic acids is 1. The number of carbonyl (C=O) groups is 3. The van der Waals surface area contributed by atoms with Crippen molar-refractivity contribution in [2.24, 2.45) is 0 Å². The first-order valence-electron chi connectivity index (χ1n) is 4.23. The fourth-order valence-corrected chi connectivity index (χ4v) is 1.58. The monoisotopic (exact) mass is 235 g/mol. The lowest BCUT2D eigenvalue weighted by Gasteiger charge is -2.12.